The molecule has 0 saturated heterocycles. The molecule has 1 aliphatic carbocycles. The summed E-state index contributed by atoms with van der Waals surface area (Å²) in [6, 6.07) is 1.84. The Hall–Kier alpha value is -0.880. The predicted molar refractivity (Wildman–Crippen MR) is 97.1 cm³/mol. The molecule has 2 rings (SSSR count). The minimum atomic E-state index is -0.397. The van der Waals surface area contributed by atoms with Gasteiger partial charge in [-0.1, -0.05) is 6.92 Å². The fourth-order valence-corrected chi connectivity index (χ4v) is 4.62. The van der Waals surface area contributed by atoms with Crippen LogP contribution in [0.1, 0.15) is 56.1 Å². The quantitative estimate of drug-likeness (QED) is 0.676. The molecule has 1 amide bonds. The van der Waals surface area contributed by atoms with Crippen LogP contribution in [-0.2, 0) is 9.53 Å². The molecule has 23 heavy (non-hydrogen) atoms. The average Bonchev–Trinajstić information content (AvgIpc) is 2.88. The Morgan fingerprint density at radius 3 is 2.43 bits per heavy atom. The second-order valence-corrected chi connectivity index (χ2v) is 8.95. The van der Waals surface area contributed by atoms with E-state index >= 15 is 0 Å². The van der Waals surface area contributed by atoms with E-state index in [0.29, 0.717) is 16.5 Å². The van der Waals surface area contributed by atoms with Crippen LogP contribution in [0.15, 0.2) is 9.85 Å². The van der Waals surface area contributed by atoms with Crippen molar-refractivity contribution in [3.8, 4) is 0 Å². The number of carbonyl (C=O) groups excluding carboxylic acids is 2. The maximum absolute atomic E-state index is 13.1. The highest BCUT2D eigenvalue weighted by atomic mass is 79.9. The third kappa shape index (κ3) is 4.15. The third-order valence-corrected chi connectivity index (χ3v) is 6.04. The van der Waals surface area contributed by atoms with Crippen molar-refractivity contribution in [2.24, 2.45) is 11.8 Å². The molecule has 0 aliphatic heterocycles. The molecule has 6 heteroatoms. The van der Waals surface area contributed by atoms with Crippen molar-refractivity contribution >= 4 is 44.8 Å². The number of halogens is 1. The van der Waals surface area contributed by atoms with E-state index in [-0.39, 0.29) is 17.9 Å². The van der Waals surface area contributed by atoms with Crippen LogP contribution in [0, 0.1) is 11.8 Å². The van der Waals surface area contributed by atoms with E-state index in [1.165, 1.54) is 18.4 Å². The van der Waals surface area contributed by atoms with E-state index < -0.39 is 5.97 Å². The fraction of sp³-hybridized carbons (Fsp3) is 0.647. The number of esters is 1. The summed E-state index contributed by atoms with van der Waals surface area (Å²) in [5.74, 6) is 0.485. The van der Waals surface area contributed by atoms with E-state index in [0.717, 1.165) is 29.5 Å². The van der Waals surface area contributed by atoms with Gasteiger partial charge in [0.05, 0.1) is 16.6 Å². The van der Waals surface area contributed by atoms with Gasteiger partial charge in [-0.15, -0.1) is 11.3 Å². The van der Waals surface area contributed by atoms with Crippen LogP contribution in [0.3, 0.4) is 0 Å². The Morgan fingerprint density at radius 1 is 1.30 bits per heavy atom. The Morgan fingerprint density at radius 2 is 1.91 bits per heavy atom. The SMILES string of the molecule is COC(=O)c1sc(Br)cc1N(C(=O)C1CCC(C)CC1)C(C)C. The van der Waals surface area contributed by atoms with Crippen LogP contribution in [0.2, 0.25) is 0 Å². The van der Waals surface area contributed by atoms with Gasteiger partial charge in [-0.3, -0.25) is 4.79 Å². The Kier molecular flexibility index (Phi) is 6.26. The molecular formula is C17H24BrNO3S. The van der Waals surface area contributed by atoms with Crippen molar-refractivity contribution in [1.82, 2.24) is 0 Å². The number of rotatable bonds is 4. The van der Waals surface area contributed by atoms with Gasteiger partial charge in [0.1, 0.15) is 4.88 Å². The van der Waals surface area contributed by atoms with Crippen molar-refractivity contribution in [2.45, 2.75) is 52.5 Å². The van der Waals surface area contributed by atoms with Gasteiger partial charge in [-0.25, -0.2) is 4.79 Å². The largest absolute Gasteiger partial charge is 0.465 e. The maximum Gasteiger partial charge on any atom is 0.350 e. The van der Waals surface area contributed by atoms with Crippen LogP contribution >= 0.6 is 27.3 Å². The zero-order valence-corrected chi connectivity index (χ0v) is 16.5. The molecular weight excluding hydrogens is 378 g/mol. The van der Waals surface area contributed by atoms with Gasteiger partial charge in [-0.05, 0) is 67.4 Å². The molecule has 1 aromatic rings. The van der Waals surface area contributed by atoms with Gasteiger partial charge in [0.25, 0.3) is 0 Å². The Balaban J connectivity index is 2.32. The van der Waals surface area contributed by atoms with Gasteiger partial charge in [0, 0.05) is 12.0 Å². The molecule has 1 aromatic heterocycles. The van der Waals surface area contributed by atoms with E-state index in [9.17, 15) is 9.59 Å². The number of carbonyl (C=O) groups is 2. The van der Waals surface area contributed by atoms with Gasteiger partial charge < -0.3 is 9.64 Å². The first-order valence-corrected chi connectivity index (χ1v) is 9.66. The Labute approximate surface area is 150 Å². The van der Waals surface area contributed by atoms with Crippen molar-refractivity contribution < 1.29 is 14.3 Å². The first-order chi connectivity index (χ1) is 10.8. The average molecular weight is 402 g/mol. The molecule has 0 unspecified atom stereocenters. The summed E-state index contributed by atoms with van der Waals surface area (Å²) < 4.78 is 5.69. The minimum absolute atomic E-state index is 0.00763. The zero-order chi connectivity index (χ0) is 17.1. The summed E-state index contributed by atoms with van der Waals surface area (Å²) in [5, 5.41) is 0. The number of hydrogen-bond acceptors (Lipinski definition) is 4. The van der Waals surface area contributed by atoms with Crippen LogP contribution in [0.4, 0.5) is 5.69 Å². The highest BCUT2D eigenvalue weighted by molar-refractivity contribution is 9.11. The van der Waals surface area contributed by atoms with Gasteiger partial charge in [0.15, 0.2) is 0 Å². The third-order valence-electron chi connectivity index (χ3n) is 4.43. The summed E-state index contributed by atoms with van der Waals surface area (Å²) in [6.45, 7) is 6.21. The maximum atomic E-state index is 13.1. The lowest BCUT2D eigenvalue weighted by Gasteiger charge is -2.33. The minimum Gasteiger partial charge on any atom is -0.465 e. The number of methoxy groups -OCH3 is 1. The normalized spacial score (nSPS) is 21.3. The van der Waals surface area contributed by atoms with Gasteiger partial charge in [0.2, 0.25) is 5.91 Å². The molecule has 0 atom stereocenters. The lowest BCUT2D eigenvalue weighted by molar-refractivity contribution is -0.123. The molecule has 4 nitrogen and oxygen atoms in total. The smallest absolute Gasteiger partial charge is 0.350 e. The number of nitrogens with zero attached hydrogens (tertiary/aromatic N) is 1. The highest BCUT2D eigenvalue weighted by Gasteiger charge is 2.33. The number of anilines is 1. The van der Waals surface area contributed by atoms with Gasteiger partial charge in [-0.2, -0.15) is 0 Å². The number of thiophene rings is 1. The lowest BCUT2D eigenvalue weighted by Crippen LogP contribution is -2.42. The topological polar surface area (TPSA) is 46.6 Å². The molecule has 0 bridgehead atoms. The summed E-state index contributed by atoms with van der Waals surface area (Å²) in [4.78, 5) is 27.4. The van der Waals surface area contributed by atoms with E-state index in [1.54, 1.807) is 4.90 Å². The molecule has 1 fully saturated rings. The molecule has 1 saturated carbocycles. The molecule has 0 aromatic carbocycles. The van der Waals surface area contributed by atoms with Crippen LogP contribution in [0.25, 0.3) is 0 Å². The van der Waals surface area contributed by atoms with Crippen LogP contribution < -0.4 is 4.90 Å². The summed E-state index contributed by atoms with van der Waals surface area (Å²) in [5.41, 5.74) is 0.660. The molecule has 1 aliphatic rings. The predicted octanol–water partition coefficient (Wildman–Crippen LogP) is 4.86. The van der Waals surface area contributed by atoms with E-state index in [4.69, 9.17) is 4.74 Å². The summed E-state index contributed by atoms with van der Waals surface area (Å²) in [7, 11) is 1.36. The van der Waals surface area contributed by atoms with Gasteiger partial charge >= 0.3 is 5.97 Å². The van der Waals surface area contributed by atoms with Crippen molar-refractivity contribution in [1.29, 1.82) is 0 Å². The monoisotopic (exact) mass is 401 g/mol. The summed E-state index contributed by atoms with van der Waals surface area (Å²) in [6.07, 6.45) is 4.06. The number of amides is 1. The molecule has 128 valence electrons. The van der Waals surface area contributed by atoms with Crippen LogP contribution in [-0.4, -0.2) is 25.0 Å². The first kappa shape index (κ1) is 18.5. The first-order valence-electron chi connectivity index (χ1n) is 8.05. The standard InChI is InChI=1S/C17H24BrNO3S/c1-10(2)19(16(20)12-7-5-11(3)6-8-12)13-9-14(18)23-15(13)17(21)22-4/h9-12H,5-8H2,1-4H3. The Bertz CT molecular complexity index is 576. The van der Waals surface area contributed by atoms with E-state index in [2.05, 4.69) is 22.9 Å². The van der Waals surface area contributed by atoms with Crippen LogP contribution in [0.5, 0.6) is 0 Å². The van der Waals surface area contributed by atoms with Crippen molar-refractivity contribution in [2.75, 3.05) is 12.0 Å². The second-order valence-electron chi connectivity index (χ2n) is 6.52. The highest BCUT2D eigenvalue weighted by Crippen LogP contribution is 2.38. The second kappa shape index (κ2) is 7.79. The number of ether oxygens (including phenoxy) is 1. The summed E-state index contributed by atoms with van der Waals surface area (Å²) >= 11 is 4.73. The van der Waals surface area contributed by atoms with Crippen molar-refractivity contribution in [3.05, 3.63) is 14.7 Å². The van der Waals surface area contributed by atoms with Crippen molar-refractivity contribution in [3.63, 3.8) is 0 Å². The molecule has 0 radical (unpaired) electrons. The fourth-order valence-electron chi connectivity index (χ4n) is 3.13. The van der Waals surface area contributed by atoms with E-state index in [1.807, 2.05) is 19.9 Å². The molecule has 0 spiro atoms. The molecule has 0 N–H and O–H groups in total. The lowest BCUT2D eigenvalue weighted by atomic mass is 9.82. The number of hydrogen-bond donors (Lipinski definition) is 0. The zero-order valence-electron chi connectivity index (χ0n) is 14.1. The molecule has 1 heterocycles.